The van der Waals surface area contributed by atoms with Crippen LogP contribution in [0.3, 0.4) is 0 Å². The summed E-state index contributed by atoms with van der Waals surface area (Å²) >= 11 is 6.30. The van der Waals surface area contributed by atoms with Gasteiger partial charge in [0.05, 0.1) is 12.1 Å². The van der Waals surface area contributed by atoms with Crippen LogP contribution in [0.15, 0.2) is 23.8 Å². The second-order valence-electron chi connectivity index (χ2n) is 5.75. The highest BCUT2D eigenvalue weighted by Crippen LogP contribution is 2.29. The first kappa shape index (κ1) is 17.1. The van der Waals surface area contributed by atoms with Gasteiger partial charge in [0.2, 0.25) is 0 Å². The summed E-state index contributed by atoms with van der Waals surface area (Å²) in [6.07, 6.45) is 2.15. The van der Waals surface area contributed by atoms with Gasteiger partial charge >= 0.3 is 0 Å². The third kappa shape index (κ3) is 5.18. The fourth-order valence-electron chi connectivity index (χ4n) is 1.95. The molecule has 0 saturated carbocycles. The molecule has 0 aliphatic heterocycles. The lowest BCUT2D eigenvalue weighted by atomic mass is 9.99. The number of ether oxygens (including phenoxy) is 1. The maximum Gasteiger partial charge on any atom is 0.127 e. The van der Waals surface area contributed by atoms with Crippen LogP contribution in [0.4, 0.5) is 0 Å². The van der Waals surface area contributed by atoms with Crippen molar-refractivity contribution in [3.63, 3.8) is 0 Å². The first-order valence-electron chi connectivity index (χ1n) is 7.19. The molecule has 1 aromatic rings. The van der Waals surface area contributed by atoms with Crippen molar-refractivity contribution in [3.8, 4) is 5.75 Å². The number of benzene rings is 1. The van der Waals surface area contributed by atoms with Crippen LogP contribution >= 0.6 is 11.6 Å². The molecule has 20 heavy (non-hydrogen) atoms. The Kier molecular flexibility index (Phi) is 7.11. The van der Waals surface area contributed by atoms with Gasteiger partial charge in [-0.2, -0.15) is 0 Å². The van der Waals surface area contributed by atoms with Crippen molar-refractivity contribution in [2.75, 3.05) is 20.2 Å². The lowest BCUT2D eigenvalue weighted by Crippen LogP contribution is -2.23. The van der Waals surface area contributed by atoms with Gasteiger partial charge in [0.15, 0.2) is 0 Å². The number of methoxy groups -OCH3 is 1. The molecule has 0 spiro atoms. The number of hydrogen-bond donors (Lipinski definition) is 1. The van der Waals surface area contributed by atoms with Gasteiger partial charge in [0.25, 0.3) is 0 Å². The summed E-state index contributed by atoms with van der Waals surface area (Å²) in [6.45, 7) is 10.7. The van der Waals surface area contributed by atoms with Crippen LogP contribution in [0, 0.1) is 11.8 Å². The molecule has 0 aromatic heterocycles. The van der Waals surface area contributed by atoms with Crippen molar-refractivity contribution in [1.29, 1.82) is 0 Å². The highest BCUT2D eigenvalue weighted by Gasteiger charge is 2.09. The summed E-state index contributed by atoms with van der Waals surface area (Å²) in [5.41, 5.74) is 2.30. The average Bonchev–Trinajstić information content (AvgIpc) is 2.38. The minimum absolute atomic E-state index is 0.468. The van der Waals surface area contributed by atoms with Gasteiger partial charge in [0.1, 0.15) is 5.75 Å². The minimum Gasteiger partial charge on any atom is -0.496 e. The van der Waals surface area contributed by atoms with Gasteiger partial charge < -0.3 is 10.1 Å². The predicted molar refractivity (Wildman–Crippen MR) is 88.5 cm³/mol. The fourth-order valence-corrected chi connectivity index (χ4v) is 2.17. The SMILES string of the molecule is COc1cccc(Cl)c1/C=C(/CNCC(C)C)C(C)C. The molecule has 0 bridgehead atoms. The lowest BCUT2D eigenvalue weighted by Gasteiger charge is -2.15. The summed E-state index contributed by atoms with van der Waals surface area (Å²) in [7, 11) is 1.68. The molecule has 1 N–H and O–H groups in total. The lowest BCUT2D eigenvalue weighted by molar-refractivity contribution is 0.414. The van der Waals surface area contributed by atoms with Crippen LogP contribution in [0.5, 0.6) is 5.75 Å². The van der Waals surface area contributed by atoms with Gasteiger partial charge in [-0.3, -0.25) is 0 Å². The molecule has 0 aliphatic rings. The van der Waals surface area contributed by atoms with Crippen molar-refractivity contribution >= 4 is 17.7 Å². The first-order chi connectivity index (χ1) is 9.45. The summed E-state index contributed by atoms with van der Waals surface area (Å²) in [4.78, 5) is 0. The Morgan fingerprint density at radius 2 is 2.00 bits per heavy atom. The Labute approximate surface area is 128 Å². The Balaban J connectivity index is 2.96. The first-order valence-corrected chi connectivity index (χ1v) is 7.57. The molecule has 0 heterocycles. The zero-order valence-corrected chi connectivity index (χ0v) is 13.9. The van der Waals surface area contributed by atoms with E-state index in [2.05, 4.69) is 39.1 Å². The molecule has 2 nitrogen and oxygen atoms in total. The van der Waals surface area contributed by atoms with E-state index in [-0.39, 0.29) is 0 Å². The molecule has 3 heteroatoms. The zero-order valence-electron chi connectivity index (χ0n) is 13.2. The number of rotatable bonds is 7. The van der Waals surface area contributed by atoms with Gasteiger partial charge in [-0.05, 0) is 36.6 Å². The van der Waals surface area contributed by atoms with Crippen molar-refractivity contribution in [2.24, 2.45) is 11.8 Å². The van der Waals surface area contributed by atoms with E-state index in [1.54, 1.807) is 7.11 Å². The average molecular weight is 296 g/mol. The Morgan fingerprint density at radius 3 is 2.55 bits per heavy atom. The predicted octanol–water partition coefficient (Wildman–Crippen LogP) is 4.63. The van der Waals surface area contributed by atoms with Crippen molar-refractivity contribution in [3.05, 3.63) is 34.4 Å². The van der Waals surface area contributed by atoms with Crippen LogP contribution < -0.4 is 10.1 Å². The monoisotopic (exact) mass is 295 g/mol. The second-order valence-corrected chi connectivity index (χ2v) is 6.16. The summed E-state index contributed by atoms with van der Waals surface area (Å²) in [5, 5.41) is 4.22. The topological polar surface area (TPSA) is 21.3 Å². The smallest absolute Gasteiger partial charge is 0.127 e. The maximum atomic E-state index is 6.30. The molecule has 112 valence electrons. The Bertz CT molecular complexity index is 452. The van der Waals surface area contributed by atoms with E-state index in [4.69, 9.17) is 16.3 Å². The van der Waals surface area contributed by atoms with E-state index >= 15 is 0 Å². The van der Waals surface area contributed by atoms with Crippen molar-refractivity contribution < 1.29 is 4.74 Å². The standard InChI is InChI=1S/C17H26ClNO/c1-12(2)10-19-11-14(13(3)4)9-15-16(18)7-6-8-17(15)20-5/h6-9,12-13,19H,10-11H2,1-5H3/b14-9-. The normalized spacial score (nSPS) is 12.3. The molecule has 0 amide bonds. The third-order valence-corrected chi connectivity index (χ3v) is 3.52. The molecule has 0 atom stereocenters. The molecule has 0 saturated heterocycles. The number of nitrogens with one attached hydrogen (secondary N) is 1. The molecule has 0 radical (unpaired) electrons. The van der Waals surface area contributed by atoms with Crippen LogP contribution in [0.2, 0.25) is 5.02 Å². The number of hydrogen-bond acceptors (Lipinski definition) is 2. The molecular formula is C17H26ClNO. The fraction of sp³-hybridized carbons (Fsp3) is 0.529. The molecule has 0 unspecified atom stereocenters. The van der Waals surface area contributed by atoms with Crippen LogP contribution in [0.1, 0.15) is 33.3 Å². The van der Waals surface area contributed by atoms with E-state index < -0.39 is 0 Å². The van der Waals surface area contributed by atoms with Gasteiger partial charge in [-0.1, -0.05) is 50.9 Å². The Morgan fingerprint density at radius 1 is 1.30 bits per heavy atom. The van der Waals surface area contributed by atoms with Crippen molar-refractivity contribution in [1.82, 2.24) is 5.32 Å². The third-order valence-electron chi connectivity index (χ3n) is 3.19. The van der Waals surface area contributed by atoms with Crippen LogP contribution in [-0.2, 0) is 0 Å². The van der Waals surface area contributed by atoms with E-state index in [1.807, 2.05) is 18.2 Å². The van der Waals surface area contributed by atoms with E-state index in [1.165, 1.54) is 5.57 Å². The van der Waals surface area contributed by atoms with Crippen LogP contribution in [0.25, 0.3) is 6.08 Å². The highest BCUT2D eigenvalue weighted by atomic mass is 35.5. The van der Waals surface area contributed by atoms with E-state index in [0.717, 1.165) is 29.4 Å². The quantitative estimate of drug-likeness (QED) is 0.791. The highest BCUT2D eigenvalue weighted by molar-refractivity contribution is 6.32. The Hall–Kier alpha value is -0.990. The number of halogens is 1. The van der Waals surface area contributed by atoms with Gasteiger partial charge in [0, 0.05) is 12.1 Å². The summed E-state index contributed by atoms with van der Waals surface area (Å²) in [5.74, 6) is 1.94. The summed E-state index contributed by atoms with van der Waals surface area (Å²) < 4.78 is 5.40. The summed E-state index contributed by atoms with van der Waals surface area (Å²) in [6, 6.07) is 5.75. The van der Waals surface area contributed by atoms with Gasteiger partial charge in [-0.25, -0.2) is 0 Å². The molecule has 0 aliphatic carbocycles. The minimum atomic E-state index is 0.468. The van der Waals surface area contributed by atoms with Crippen molar-refractivity contribution in [2.45, 2.75) is 27.7 Å². The zero-order chi connectivity index (χ0) is 15.1. The second kappa shape index (κ2) is 8.33. The molecule has 1 aromatic carbocycles. The molecule has 1 rings (SSSR count). The largest absolute Gasteiger partial charge is 0.496 e. The maximum absolute atomic E-state index is 6.30. The van der Waals surface area contributed by atoms with E-state index in [9.17, 15) is 0 Å². The molecular weight excluding hydrogens is 270 g/mol. The molecule has 0 fully saturated rings. The van der Waals surface area contributed by atoms with E-state index in [0.29, 0.717) is 11.8 Å². The van der Waals surface area contributed by atoms with Crippen LogP contribution in [-0.4, -0.2) is 20.2 Å². The van der Waals surface area contributed by atoms with Gasteiger partial charge in [-0.15, -0.1) is 0 Å².